The van der Waals surface area contributed by atoms with Crippen LogP contribution in [0.3, 0.4) is 0 Å². The van der Waals surface area contributed by atoms with Gasteiger partial charge in [-0.15, -0.1) is 0 Å². The summed E-state index contributed by atoms with van der Waals surface area (Å²) in [5.41, 5.74) is 6.51. The molecule has 0 bridgehead atoms. The summed E-state index contributed by atoms with van der Waals surface area (Å²) in [6.45, 7) is 4.71. The molecule has 10 nitrogen and oxygen atoms in total. The highest BCUT2D eigenvalue weighted by Crippen LogP contribution is 2.38. The smallest absolute Gasteiger partial charge is 0.321 e. The fraction of sp³-hybridized carbons (Fsp3) is 0.111. The van der Waals surface area contributed by atoms with E-state index in [0.29, 0.717) is 46.6 Å². The molecule has 0 saturated carbocycles. The third-order valence-corrected chi connectivity index (χ3v) is 8.78. The van der Waals surface area contributed by atoms with Crippen LogP contribution in [0, 0.1) is 0 Å². The van der Waals surface area contributed by atoms with E-state index in [1.807, 2.05) is 111 Å². The molecule has 0 unspecified atom stereocenters. The second-order valence-corrected chi connectivity index (χ2v) is 11.2. The Morgan fingerprint density at radius 2 is 0.891 bits per heavy atom. The van der Waals surface area contributed by atoms with Gasteiger partial charge < -0.3 is 10.6 Å². The third-order valence-electron chi connectivity index (χ3n) is 8.78. The minimum absolute atomic E-state index is 0.169. The molecular weight excluding hydrogens is 580 g/mol. The van der Waals surface area contributed by atoms with Gasteiger partial charge in [0.25, 0.3) is 11.8 Å². The van der Waals surface area contributed by atoms with Crippen LogP contribution >= 0.6 is 0 Å². The molecule has 0 fully saturated rings. The van der Waals surface area contributed by atoms with E-state index in [4.69, 9.17) is 0 Å². The Morgan fingerprint density at radius 3 is 1.26 bits per heavy atom. The van der Waals surface area contributed by atoms with E-state index in [9.17, 15) is 19.2 Å². The van der Waals surface area contributed by atoms with Gasteiger partial charge in [-0.2, -0.15) is 0 Å². The number of carbonyl (C=O) groups is 2. The summed E-state index contributed by atoms with van der Waals surface area (Å²) in [7, 11) is 0. The van der Waals surface area contributed by atoms with Crippen LogP contribution in [-0.4, -0.2) is 30.1 Å². The van der Waals surface area contributed by atoms with E-state index in [2.05, 4.69) is 10.6 Å². The Labute approximate surface area is 262 Å². The van der Waals surface area contributed by atoms with Crippen LogP contribution in [-0.2, 0) is 22.7 Å². The van der Waals surface area contributed by atoms with Crippen molar-refractivity contribution in [3.63, 3.8) is 0 Å². The van der Waals surface area contributed by atoms with Crippen LogP contribution in [0.15, 0.2) is 118 Å². The van der Waals surface area contributed by atoms with Gasteiger partial charge in [0.15, 0.2) is 0 Å². The van der Waals surface area contributed by atoms with Crippen molar-refractivity contribution in [2.75, 3.05) is 0 Å². The molecule has 2 aliphatic heterocycles. The minimum atomic E-state index is -0.400. The van der Waals surface area contributed by atoms with Crippen LogP contribution in [0.2, 0.25) is 0 Å². The van der Waals surface area contributed by atoms with Crippen molar-refractivity contribution >= 4 is 45.3 Å². The van der Waals surface area contributed by atoms with E-state index in [1.165, 1.54) is 0 Å². The predicted octanol–water partition coefficient (Wildman–Crippen LogP) is 4.32. The van der Waals surface area contributed by atoms with Gasteiger partial charge in [0.05, 0.1) is 56.0 Å². The van der Waals surface area contributed by atoms with Crippen LogP contribution in [0.25, 0.3) is 44.8 Å². The standard InChI is InChI=1S/C36H28N6O4/c1-3-39-27-19-21(15-17-25(27)41(35(39)45)23-11-7-5-8-12-23)31-29-30(34(44)37-31)32(38-33(29)43)22-16-18-26-28(20-22)40(4-2)36(46)42(26)24-13-9-6-10-14-24/h5-20H,3-4H2,1-2H3,(H,37,44)(H,38,43). The Hall–Kier alpha value is -6.16. The lowest BCUT2D eigenvalue weighted by molar-refractivity contribution is -0.117. The maximum atomic E-state index is 13.5. The average molecular weight is 609 g/mol. The predicted molar refractivity (Wildman–Crippen MR) is 177 cm³/mol. The van der Waals surface area contributed by atoms with Crippen LogP contribution < -0.4 is 22.0 Å². The SMILES string of the molecule is CCn1c(=O)n(-c2ccccc2)c2ccc(C3=C4C(=O)NC(c5ccc6c(c5)n(CC)c(=O)n6-c5ccccc5)=C4C(=O)N3)cc21. The number of hydrogen-bond acceptors (Lipinski definition) is 4. The molecule has 2 aliphatic rings. The zero-order valence-corrected chi connectivity index (χ0v) is 25.1. The summed E-state index contributed by atoms with van der Waals surface area (Å²) in [4.78, 5) is 53.9. The third kappa shape index (κ3) is 3.83. The van der Waals surface area contributed by atoms with Gasteiger partial charge in [-0.05, 0) is 62.4 Å². The number of rotatable bonds is 6. The van der Waals surface area contributed by atoms with Gasteiger partial charge in [0, 0.05) is 24.2 Å². The van der Waals surface area contributed by atoms with Crippen LogP contribution in [0.4, 0.5) is 0 Å². The number of hydrogen-bond donors (Lipinski definition) is 2. The molecule has 6 aromatic rings. The van der Waals surface area contributed by atoms with Crippen molar-refractivity contribution < 1.29 is 9.59 Å². The van der Waals surface area contributed by atoms with E-state index < -0.39 is 11.8 Å². The number of nitrogens with one attached hydrogen (secondary N) is 2. The van der Waals surface area contributed by atoms with Crippen molar-refractivity contribution in [3.8, 4) is 11.4 Å². The molecule has 10 heteroatoms. The van der Waals surface area contributed by atoms with Crippen molar-refractivity contribution in [3.05, 3.63) is 140 Å². The number of benzene rings is 4. The fourth-order valence-corrected chi connectivity index (χ4v) is 6.70. The Kier molecular flexibility index (Phi) is 6.07. The summed E-state index contributed by atoms with van der Waals surface area (Å²) in [6, 6.07) is 29.9. The van der Waals surface area contributed by atoms with Crippen molar-refractivity contribution in [2.45, 2.75) is 26.9 Å². The molecule has 2 N–H and O–H groups in total. The van der Waals surface area contributed by atoms with Gasteiger partial charge in [-0.25, -0.2) is 9.59 Å². The molecule has 8 rings (SSSR count). The van der Waals surface area contributed by atoms with Gasteiger partial charge in [-0.1, -0.05) is 48.5 Å². The highest BCUT2D eigenvalue weighted by atomic mass is 16.2. The molecule has 0 spiro atoms. The molecule has 2 aromatic heterocycles. The van der Waals surface area contributed by atoms with Gasteiger partial charge in [-0.3, -0.25) is 27.9 Å². The first kappa shape index (κ1) is 27.4. The molecule has 4 heterocycles. The van der Waals surface area contributed by atoms with Gasteiger partial charge in [0.1, 0.15) is 0 Å². The van der Waals surface area contributed by atoms with Gasteiger partial charge >= 0.3 is 11.4 Å². The Morgan fingerprint density at radius 1 is 0.500 bits per heavy atom. The summed E-state index contributed by atoms with van der Waals surface area (Å²) >= 11 is 0. The lowest BCUT2D eigenvalue weighted by Crippen LogP contribution is -2.22. The molecule has 0 aliphatic carbocycles. The van der Waals surface area contributed by atoms with E-state index in [0.717, 1.165) is 22.4 Å². The highest BCUT2D eigenvalue weighted by molar-refractivity contribution is 6.30. The van der Waals surface area contributed by atoms with E-state index in [-0.39, 0.29) is 22.5 Å². The maximum Gasteiger partial charge on any atom is 0.333 e. The Bertz CT molecular complexity index is 2280. The number of aryl methyl sites for hydroxylation is 2. The lowest BCUT2D eigenvalue weighted by Gasteiger charge is -2.09. The first-order valence-electron chi connectivity index (χ1n) is 15.1. The van der Waals surface area contributed by atoms with Crippen molar-refractivity contribution in [2.24, 2.45) is 0 Å². The summed E-state index contributed by atoms with van der Waals surface area (Å²) < 4.78 is 6.68. The summed E-state index contributed by atoms with van der Waals surface area (Å²) in [5, 5.41) is 5.84. The topological polar surface area (TPSA) is 112 Å². The van der Waals surface area contributed by atoms with Crippen molar-refractivity contribution in [1.29, 1.82) is 0 Å². The van der Waals surface area contributed by atoms with E-state index in [1.54, 1.807) is 18.3 Å². The first-order valence-corrected chi connectivity index (χ1v) is 15.1. The molecule has 0 saturated heterocycles. The molecular formula is C36H28N6O4. The zero-order chi connectivity index (χ0) is 31.7. The largest absolute Gasteiger partial charge is 0.333 e. The molecule has 226 valence electrons. The first-order chi connectivity index (χ1) is 22.4. The maximum absolute atomic E-state index is 13.5. The quantitative estimate of drug-likeness (QED) is 0.293. The second-order valence-electron chi connectivity index (χ2n) is 11.2. The van der Waals surface area contributed by atoms with Gasteiger partial charge in [0.2, 0.25) is 0 Å². The summed E-state index contributed by atoms with van der Waals surface area (Å²) in [6.07, 6.45) is 0. The zero-order valence-electron chi connectivity index (χ0n) is 25.1. The molecule has 0 radical (unpaired) electrons. The molecule has 2 amide bonds. The number of nitrogens with zero attached hydrogens (tertiary/aromatic N) is 4. The van der Waals surface area contributed by atoms with Crippen molar-refractivity contribution in [1.82, 2.24) is 28.9 Å². The minimum Gasteiger partial charge on any atom is -0.321 e. The highest BCUT2D eigenvalue weighted by Gasteiger charge is 2.41. The average Bonchev–Trinajstić information content (AvgIpc) is 3.78. The number of amides is 2. The number of carbonyl (C=O) groups excluding carboxylic acids is 2. The molecule has 0 atom stereocenters. The molecule has 4 aromatic carbocycles. The normalized spacial score (nSPS) is 14.5. The summed E-state index contributed by atoms with van der Waals surface area (Å²) in [5.74, 6) is -0.800. The lowest BCUT2D eigenvalue weighted by atomic mass is 10.0. The number of imidazole rings is 2. The monoisotopic (exact) mass is 608 g/mol. The van der Waals surface area contributed by atoms with Crippen LogP contribution in [0.1, 0.15) is 25.0 Å². The number of aromatic nitrogens is 4. The number of para-hydroxylation sites is 2. The molecule has 46 heavy (non-hydrogen) atoms. The number of fused-ring (bicyclic) bond motifs is 3. The van der Waals surface area contributed by atoms with Crippen LogP contribution in [0.5, 0.6) is 0 Å². The Balaban J connectivity index is 1.28. The van der Waals surface area contributed by atoms with E-state index >= 15 is 0 Å². The second kappa shape index (κ2) is 10.2. The fourth-order valence-electron chi connectivity index (χ4n) is 6.70.